The van der Waals surface area contributed by atoms with Crippen molar-refractivity contribution in [2.75, 3.05) is 36.4 Å². The molecule has 0 bridgehead atoms. The van der Waals surface area contributed by atoms with E-state index in [2.05, 4.69) is 25.2 Å². The van der Waals surface area contributed by atoms with Gasteiger partial charge in [0.2, 0.25) is 0 Å². The monoisotopic (exact) mass is 394 g/mol. The fourth-order valence-corrected chi connectivity index (χ4v) is 3.27. The summed E-state index contributed by atoms with van der Waals surface area (Å²) in [6.45, 7) is 2.70. The van der Waals surface area contributed by atoms with E-state index in [4.69, 9.17) is 11.6 Å². The molecule has 3 heterocycles. The SMILES string of the molecule is O=C(c1cc(Nc2ccccc2Cl)ncn1)N1CCN(c2ccccn2)CC1. The van der Waals surface area contributed by atoms with E-state index in [1.807, 2.05) is 36.4 Å². The molecule has 0 radical (unpaired) electrons. The molecule has 1 aromatic carbocycles. The standard InChI is InChI=1S/C20H19ClN6O/c21-15-5-1-2-6-16(15)25-18-13-17(23-14-24-18)20(28)27-11-9-26(10-12-27)19-7-3-4-8-22-19/h1-8,13-14H,9-12H2,(H,23,24,25). The van der Waals surface area contributed by atoms with Gasteiger partial charge in [0.25, 0.3) is 5.91 Å². The van der Waals surface area contributed by atoms with Crippen molar-refractivity contribution in [2.24, 2.45) is 0 Å². The minimum absolute atomic E-state index is 0.106. The highest BCUT2D eigenvalue weighted by Gasteiger charge is 2.24. The molecule has 0 aliphatic carbocycles. The Bertz CT molecular complexity index is 960. The highest BCUT2D eigenvalue weighted by Crippen LogP contribution is 2.24. The van der Waals surface area contributed by atoms with Crippen LogP contribution in [0.4, 0.5) is 17.3 Å². The summed E-state index contributed by atoms with van der Waals surface area (Å²) in [4.78, 5) is 29.6. The Kier molecular flexibility index (Phi) is 5.34. The maximum Gasteiger partial charge on any atom is 0.272 e. The second-order valence-electron chi connectivity index (χ2n) is 6.36. The van der Waals surface area contributed by atoms with E-state index in [1.54, 1.807) is 23.2 Å². The molecule has 0 saturated carbocycles. The second kappa shape index (κ2) is 8.22. The smallest absolute Gasteiger partial charge is 0.272 e. The van der Waals surface area contributed by atoms with Gasteiger partial charge >= 0.3 is 0 Å². The van der Waals surface area contributed by atoms with E-state index in [-0.39, 0.29) is 5.91 Å². The number of benzene rings is 1. The average molecular weight is 395 g/mol. The summed E-state index contributed by atoms with van der Waals surface area (Å²) < 4.78 is 0. The number of hydrogen-bond donors (Lipinski definition) is 1. The number of halogens is 1. The number of hydrogen-bond acceptors (Lipinski definition) is 6. The van der Waals surface area contributed by atoms with E-state index in [0.29, 0.717) is 29.6 Å². The highest BCUT2D eigenvalue weighted by atomic mass is 35.5. The number of amides is 1. The molecule has 1 saturated heterocycles. The van der Waals surface area contributed by atoms with Crippen LogP contribution in [0, 0.1) is 0 Å². The van der Waals surface area contributed by atoms with Crippen LogP contribution in [-0.4, -0.2) is 51.9 Å². The second-order valence-corrected chi connectivity index (χ2v) is 6.77. The van der Waals surface area contributed by atoms with Gasteiger partial charge in [-0.25, -0.2) is 15.0 Å². The number of nitrogens with one attached hydrogen (secondary N) is 1. The van der Waals surface area contributed by atoms with Crippen LogP contribution in [-0.2, 0) is 0 Å². The van der Waals surface area contributed by atoms with Crippen LogP contribution in [0.3, 0.4) is 0 Å². The van der Waals surface area contributed by atoms with Gasteiger partial charge in [-0.1, -0.05) is 29.8 Å². The maximum atomic E-state index is 12.9. The quantitative estimate of drug-likeness (QED) is 0.732. The molecule has 1 amide bonds. The maximum absolute atomic E-state index is 12.9. The molecule has 1 aliphatic rings. The van der Waals surface area contributed by atoms with E-state index >= 15 is 0 Å². The molecule has 4 rings (SSSR count). The fourth-order valence-electron chi connectivity index (χ4n) is 3.08. The molecule has 142 valence electrons. The van der Waals surface area contributed by atoms with Gasteiger partial charge in [0.05, 0.1) is 10.7 Å². The Hall–Kier alpha value is -3.19. The third-order valence-corrected chi connectivity index (χ3v) is 4.89. The van der Waals surface area contributed by atoms with Crippen molar-refractivity contribution < 1.29 is 4.79 Å². The molecule has 7 nitrogen and oxygen atoms in total. The number of piperazine rings is 1. The van der Waals surface area contributed by atoms with Gasteiger partial charge in [-0.3, -0.25) is 4.79 Å². The molecule has 0 atom stereocenters. The number of aromatic nitrogens is 3. The highest BCUT2D eigenvalue weighted by molar-refractivity contribution is 6.33. The first kappa shape index (κ1) is 18.2. The predicted octanol–water partition coefficient (Wildman–Crippen LogP) is 3.23. The lowest BCUT2D eigenvalue weighted by atomic mass is 10.2. The van der Waals surface area contributed by atoms with E-state index < -0.39 is 0 Å². The predicted molar refractivity (Wildman–Crippen MR) is 109 cm³/mol. The van der Waals surface area contributed by atoms with Crippen LogP contribution in [0.2, 0.25) is 5.02 Å². The van der Waals surface area contributed by atoms with Crippen LogP contribution in [0.15, 0.2) is 61.1 Å². The number of carbonyl (C=O) groups excluding carboxylic acids is 1. The summed E-state index contributed by atoms with van der Waals surface area (Å²) in [5.41, 5.74) is 1.08. The first-order valence-corrected chi connectivity index (χ1v) is 9.37. The number of carbonyl (C=O) groups is 1. The van der Waals surface area contributed by atoms with Crippen molar-refractivity contribution in [3.8, 4) is 0 Å². The number of anilines is 3. The molecule has 0 spiro atoms. The van der Waals surface area contributed by atoms with Crippen LogP contribution in [0.1, 0.15) is 10.5 Å². The van der Waals surface area contributed by atoms with Gasteiger partial charge in [0.1, 0.15) is 23.7 Å². The van der Waals surface area contributed by atoms with Gasteiger partial charge in [0.15, 0.2) is 0 Å². The number of rotatable bonds is 4. The Balaban J connectivity index is 1.42. The lowest BCUT2D eigenvalue weighted by molar-refractivity contribution is 0.0740. The summed E-state index contributed by atoms with van der Waals surface area (Å²) in [5, 5.41) is 3.71. The summed E-state index contributed by atoms with van der Waals surface area (Å²) in [6.07, 6.45) is 3.16. The third-order valence-electron chi connectivity index (χ3n) is 4.56. The van der Waals surface area contributed by atoms with Crippen LogP contribution < -0.4 is 10.2 Å². The summed E-state index contributed by atoms with van der Waals surface area (Å²) >= 11 is 6.17. The molecule has 8 heteroatoms. The number of nitrogens with zero attached hydrogens (tertiary/aromatic N) is 5. The molecule has 1 fully saturated rings. The van der Waals surface area contributed by atoms with Crippen LogP contribution in [0.5, 0.6) is 0 Å². The summed E-state index contributed by atoms with van der Waals surface area (Å²) in [5.74, 6) is 1.35. The van der Waals surface area contributed by atoms with Gasteiger partial charge in [-0.05, 0) is 24.3 Å². The molecule has 3 aromatic rings. The topological polar surface area (TPSA) is 74.2 Å². The van der Waals surface area contributed by atoms with Crippen molar-refractivity contribution in [2.45, 2.75) is 0 Å². The van der Waals surface area contributed by atoms with Crippen molar-refractivity contribution in [3.05, 3.63) is 71.8 Å². The summed E-state index contributed by atoms with van der Waals surface area (Å²) in [7, 11) is 0. The molecule has 28 heavy (non-hydrogen) atoms. The Morgan fingerprint density at radius 2 is 1.75 bits per heavy atom. The van der Waals surface area contributed by atoms with Gasteiger partial charge in [-0.15, -0.1) is 0 Å². The third kappa shape index (κ3) is 4.04. The fraction of sp³-hybridized carbons (Fsp3) is 0.200. The molecular formula is C20H19ClN6O. The van der Waals surface area contributed by atoms with Crippen LogP contribution in [0.25, 0.3) is 0 Å². The van der Waals surface area contributed by atoms with Crippen molar-refractivity contribution >= 4 is 34.8 Å². The van der Waals surface area contributed by atoms with Crippen molar-refractivity contribution in [1.29, 1.82) is 0 Å². The Morgan fingerprint density at radius 1 is 0.964 bits per heavy atom. The van der Waals surface area contributed by atoms with Gasteiger partial charge in [-0.2, -0.15) is 0 Å². The van der Waals surface area contributed by atoms with E-state index in [9.17, 15) is 4.79 Å². The Labute approximate surface area is 168 Å². The molecular weight excluding hydrogens is 376 g/mol. The van der Waals surface area contributed by atoms with E-state index in [1.165, 1.54) is 6.33 Å². The number of pyridine rings is 1. The normalized spacial score (nSPS) is 14.0. The molecule has 1 aliphatic heterocycles. The number of para-hydroxylation sites is 1. The zero-order valence-corrected chi connectivity index (χ0v) is 15.9. The molecule has 0 unspecified atom stereocenters. The zero-order chi connectivity index (χ0) is 19.3. The van der Waals surface area contributed by atoms with Gasteiger partial charge < -0.3 is 15.1 Å². The minimum atomic E-state index is -0.106. The molecule has 2 aromatic heterocycles. The molecule has 1 N–H and O–H groups in total. The largest absolute Gasteiger partial charge is 0.353 e. The van der Waals surface area contributed by atoms with Crippen molar-refractivity contribution in [3.63, 3.8) is 0 Å². The van der Waals surface area contributed by atoms with Gasteiger partial charge in [0, 0.05) is 38.4 Å². The average Bonchev–Trinajstić information content (AvgIpc) is 2.76. The van der Waals surface area contributed by atoms with E-state index in [0.717, 1.165) is 24.6 Å². The Morgan fingerprint density at radius 3 is 2.50 bits per heavy atom. The van der Waals surface area contributed by atoms with Crippen molar-refractivity contribution in [1.82, 2.24) is 19.9 Å². The lowest BCUT2D eigenvalue weighted by Crippen LogP contribution is -2.49. The first-order chi connectivity index (χ1) is 13.7. The van der Waals surface area contributed by atoms with Crippen LogP contribution >= 0.6 is 11.6 Å². The zero-order valence-electron chi connectivity index (χ0n) is 15.1. The summed E-state index contributed by atoms with van der Waals surface area (Å²) in [6, 6.07) is 14.9. The lowest BCUT2D eigenvalue weighted by Gasteiger charge is -2.35. The minimum Gasteiger partial charge on any atom is -0.353 e. The first-order valence-electron chi connectivity index (χ1n) is 8.99.